The first-order valence-corrected chi connectivity index (χ1v) is 5.57. The minimum Gasteiger partial charge on any atom is -0.377 e. The van der Waals surface area contributed by atoms with Crippen molar-refractivity contribution in [2.45, 2.75) is 19.9 Å². The highest BCUT2D eigenvalue weighted by atomic mass is 15.3. The molecule has 2 aromatic rings. The largest absolute Gasteiger partial charge is 0.377 e. The lowest BCUT2D eigenvalue weighted by molar-refractivity contribution is 0.746. The van der Waals surface area contributed by atoms with E-state index in [1.165, 1.54) is 5.69 Å². The van der Waals surface area contributed by atoms with Gasteiger partial charge in [-0.05, 0) is 18.6 Å². The summed E-state index contributed by atoms with van der Waals surface area (Å²) >= 11 is 0. The molecule has 0 aliphatic heterocycles. The molecule has 0 fully saturated rings. The van der Waals surface area contributed by atoms with Crippen LogP contribution < -0.4 is 5.32 Å². The minimum absolute atomic E-state index is 0.836. The lowest BCUT2D eigenvalue weighted by Gasteiger charge is -2.06. The van der Waals surface area contributed by atoms with Crippen LogP contribution in [0.2, 0.25) is 0 Å². The van der Waals surface area contributed by atoms with Gasteiger partial charge in [0.15, 0.2) is 0 Å². The van der Waals surface area contributed by atoms with Crippen LogP contribution in [0.25, 0.3) is 0 Å². The fourth-order valence-electron chi connectivity index (χ4n) is 1.81. The number of rotatable bonds is 4. The van der Waals surface area contributed by atoms with Crippen molar-refractivity contribution in [3.63, 3.8) is 0 Å². The molecule has 0 aliphatic carbocycles. The van der Waals surface area contributed by atoms with Crippen molar-refractivity contribution in [1.29, 1.82) is 0 Å². The molecule has 16 heavy (non-hydrogen) atoms. The van der Waals surface area contributed by atoms with Gasteiger partial charge in [-0.2, -0.15) is 5.10 Å². The highest BCUT2D eigenvalue weighted by molar-refractivity contribution is 5.46. The molecular weight excluding hydrogens is 200 g/mol. The third kappa shape index (κ3) is 2.10. The second kappa shape index (κ2) is 4.43. The number of anilines is 1. The smallest absolute Gasteiger partial charge is 0.0853 e. The second-order valence-electron chi connectivity index (χ2n) is 3.98. The zero-order valence-corrected chi connectivity index (χ0v) is 10.1. The van der Waals surface area contributed by atoms with Crippen LogP contribution in [0.3, 0.4) is 0 Å². The Morgan fingerprint density at radius 2 is 2.19 bits per heavy atom. The molecule has 4 heteroatoms. The summed E-state index contributed by atoms with van der Waals surface area (Å²) in [5.41, 5.74) is 3.52. The number of aryl methyl sites for hydroxylation is 3. The maximum absolute atomic E-state index is 4.40. The van der Waals surface area contributed by atoms with Crippen LogP contribution in [0.5, 0.6) is 0 Å². The molecule has 0 radical (unpaired) electrons. The van der Waals surface area contributed by atoms with E-state index in [9.17, 15) is 0 Å². The fraction of sp³-hybridized carbons (Fsp3) is 0.417. The Morgan fingerprint density at radius 3 is 2.81 bits per heavy atom. The van der Waals surface area contributed by atoms with Gasteiger partial charge in [0.05, 0.1) is 17.9 Å². The average molecular weight is 218 g/mol. The lowest BCUT2D eigenvalue weighted by Crippen LogP contribution is -2.04. The number of hydrogen-bond donors (Lipinski definition) is 1. The summed E-state index contributed by atoms with van der Waals surface area (Å²) in [4.78, 5) is 0. The van der Waals surface area contributed by atoms with Crippen molar-refractivity contribution >= 4 is 5.69 Å². The SMILES string of the molecule is CCc1nn(C)cc1NCc1cccn1C. The van der Waals surface area contributed by atoms with Crippen LogP contribution in [0.4, 0.5) is 5.69 Å². The Kier molecular flexibility index (Phi) is 2.99. The van der Waals surface area contributed by atoms with E-state index in [-0.39, 0.29) is 0 Å². The van der Waals surface area contributed by atoms with E-state index in [0.29, 0.717) is 0 Å². The van der Waals surface area contributed by atoms with Gasteiger partial charge in [0.25, 0.3) is 0 Å². The van der Waals surface area contributed by atoms with E-state index in [2.05, 4.69) is 47.3 Å². The second-order valence-corrected chi connectivity index (χ2v) is 3.98. The van der Waals surface area contributed by atoms with Gasteiger partial charge in [-0.1, -0.05) is 6.92 Å². The van der Waals surface area contributed by atoms with E-state index >= 15 is 0 Å². The fourth-order valence-corrected chi connectivity index (χ4v) is 1.81. The van der Waals surface area contributed by atoms with Crippen LogP contribution in [0, 0.1) is 0 Å². The van der Waals surface area contributed by atoms with Gasteiger partial charge in [-0.15, -0.1) is 0 Å². The highest BCUT2D eigenvalue weighted by Gasteiger charge is 2.05. The van der Waals surface area contributed by atoms with Gasteiger partial charge in [-0.25, -0.2) is 0 Å². The Bertz CT molecular complexity index is 467. The van der Waals surface area contributed by atoms with E-state index < -0.39 is 0 Å². The summed E-state index contributed by atoms with van der Waals surface area (Å²) in [6, 6.07) is 4.18. The van der Waals surface area contributed by atoms with Crippen LogP contribution in [0.1, 0.15) is 18.3 Å². The number of aromatic nitrogens is 3. The van der Waals surface area contributed by atoms with E-state index in [4.69, 9.17) is 0 Å². The van der Waals surface area contributed by atoms with Crippen molar-refractivity contribution in [1.82, 2.24) is 14.3 Å². The normalized spacial score (nSPS) is 10.7. The van der Waals surface area contributed by atoms with Gasteiger partial charge in [0.2, 0.25) is 0 Å². The summed E-state index contributed by atoms with van der Waals surface area (Å²) in [5.74, 6) is 0. The molecule has 0 spiro atoms. The third-order valence-corrected chi connectivity index (χ3v) is 2.75. The molecule has 0 unspecified atom stereocenters. The molecule has 4 nitrogen and oxygen atoms in total. The maximum atomic E-state index is 4.40. The molecule has 2 heterocycles. The molecule has 1 N–H and O–H groups in total. The van der Waals surface area contributed by atoms with Crippen molar-refractivity contribution in [2.24, 2.45) is 14.1 Å². The van der Waals surface area contributed by atoms with Gasteiger partial charge >= 0.3 is 0 Å². The zero-order valence-electron chi connectivity index (χ0n) is 10.1. The molecule has 0 aromatic carbocycles. The van der Waals surface area contributed by atoms with Gasteiger partial charge < -0.3 is 9.88 Å². The molecule has 0 aliphatic rings. The highest BCUT2D eigenvalue weighted by Crippen LogP contribution is 2.14. The van der Waals surface area contributed by atoms with Crippen LogP contribution in [-0.2, 0) is 27.1 Å². The zero-order chi connectivity index (χ0) is 11.5. The Labute approximate surface area is 95.9 Å². The predicted octanol–water partition coefficient (Wildman–Crippen LogP) is 1.93. The third-order valence-electron chi connectivity index (χ3n) is 2.75. The van der Waals surface area contributed by atoms with Gasteiger partial charge in [0, 0.05) is 32.2 Å². The summed E-state index contributed by atoms with van der Waals surface area (Å²) < 4.78 is 3.97. The van der Waals surface area contributed by atoms with Crippen LogP contribution in [0.15, 0.2) is 24.5 Å². The molecule has 0 atom stereocenters. The van der Waals surface area contributed by atoms with Crippen LogP contribution in [-0.4, -0.2) is 14.3 Å². The first-order chi connectivity index (χ1) is 7.70. The summed E-state index contributed by atoms with van der Waals surface area (Å²) in [5, 5.41) is 7.82. The Hall–Kier alpha value is -1.71. The molecular formula is C12H18N4. The number of nitrogens with one attached hydrogen (secondary N) is 1. The first kappa shape index (κ1) is 10.8. The van der Waals surface area contributed by atoms with Crippen molar-refractivity contribution in [3.8, 4) is 0 Å². The standard InChI is InChI=1S/C12H18N4/c1-4-11-12(9-16(3)14-11)13-8-10-6-5-7-15(10)2/h5-7,9,13H,4,8H2,1-3H3. The minimum atomic E-state index is 0.836. The molecule has 0 saturated carbocycles. The first-order valence-electron chi connectivity index (χ1n) is 5.57. The van der Waals surface area contributed by atoms with Gasteiger partial charge in [-0.3, -0.25) is 4.68 Å². The summed E-state index contributed by atoms with van der Waals surface area (Å²) in [6.45, 7) is 2.96. The lowest BCUT2D eigenvalue weighted by atomic mass is 10.3. The Morgan fingerprint density at radius 1 is 1.38 bits per heavy atom. The van der Waals surface area contributed by atoms with Crippen molar-refractivity contribution in [3.05, 3.63) is 35.9 Å². The molecule has 0 saturated heterocycles. The van der Waals surface area contributed by atoms with E-state index in [1.54, 1.807) is 0 Å². The maximum Gasteiger partial charge on any atom is 0.0853 e. The molecule has 2 aromatic heterocycles. The van der Waals surface area contributed by atoms with E-state index in [0.717, 1.165) is 24.3 Å². The quantitative estimate of drug-likeness (QED) is 0.851. The Balaban J connectivity index is 2.07. The summed E-state index contributed by atoms with van der Waals surface area (Å²) in [6.07, 6.45) is 5.04. The molecule has 86 valence electrons. The van der Waals surface area contributed by atoms with E-state index in [1.807, 2.05) is 17.9 Å². The predicted molar refractivity (Wildman–Crippen MR) is 65.3 cm³/mol. The van der Waals surface area contributed by atoms with Crippen LogP contribution >= 0.6 is 0 Å². The topological polar surface area (TPSA) is 34.8 Å². The monoisotopic (exact) mass is 218 g/mol. The molecule has 2 rings (SSSR count). The number of nitrogens with zero attached hydrogens (tertiary/aromatic N) is 3. The van der Waals surface area contributed by atoms with Crippen molar-refractivity contribution < 1.29 is 0 Å². The average Bonchev–Trinajstić information content (AvgIpc) is 2.81. The molecule has 0 bridgehead atoms. The number of hydrogen-bond acceptors (Lipinski definition) is 2. The molecule has 0 amide bonds. The van der Waals surface area contributed by atoms with Crippen molar-refractivity contribution in [2.75, 3.05) is 5.32 Å². The van der Waals surface area contributed by atoms with Gasteiger partial charge in [0.1, 0.15) is 0 Å². The summed E-state index contributed by atoms with van der Waals surface area (Å²) in [7, 11) is 4.01.